The second kappa shape index (κ2) is 6.43. The predicted molar refractivity (Wildman–Crippen MR) is 90.8 cm³/mol. The Morgan fingerprint density at radius 2 is 2.12 bits per heavy atom. The van der Waals surface area contributed by atoms with Gasteiger partial charge in [0.15, 0.2) is 0 Å². The van der Waals surface area contributed by atoms with E-state index in [2.05, 4.69) is 9.71 Å². The highest BCUT2D eigenvalue weighted by atomic mass is 32.2. The van der Waals surface area contributed by atoms with E-state index in [0.717, 1.165) is 16.6 Å². The molecule has 2 aromatic heterocycles. The first kappa shape index (κ1) is 16.2. The van der Waals surface area contributed by atoms with Crippen molar-refractivity contribution >= 4 is 21.1 Å². The SMILES string of the molecule is Cn1cc(CCNS(=O)(=O)c2cccc(C#N)c2)c2cccnc21. The van der Waals surface area contributed by atoms with E-state index in [1.165, 1.54) is 12.1 Å². The minimum Gasteiger partial charge on any atom is -0.335 e. The molecule has 1 aromatic carbocycles. The highest BCUT2D eigenvalue weighted by molar-refractivity contribution is 7.89. The molecule has 24 heavy (non-hydrogen) atoms. The van der Waals surface area contributed by atoms with E-state index in [0.29, 0.717) is 12.0 Å². The van der Waals surface area contributed by atoms with Crippen molar-refractivity contribution in [3.05, 3.63) is 59.9 Å². The zero-order valence-corrected chi connectivity index (χ0v) is 13.9. The van der Waals surface area contributed by atoms with Crippen molar-refractivity contribution in [3.63, 3.8) is 0 Å². The maximum atomic E-state index is 12.3. The lowest BCUT2D eigenvalue weighted by molar-refractivity contribution is 0.581. The molecular weight excluding hydrogens is 324 g/mol. The maximum Gasteiger partial charge on any atom is 0.240 e. The Labute approximate surface area is 140 Å². The van der Waals surface area contributed by atoms with Crippen LogP contribution in [0, 0.1) is 11.3 Å². The van der Waals surface area contributed by atoms with Gasteiger partial charge in [-0.05, 0) is 42.3 Å². The van der Waals surface area contributed by atoms with Crippen LogP contribution in [0.2, 0.25) is 0 Å². The van der Waals surface area contributed by atoms with Crippen molar-refractivity contribution in [2.45, 2.75) is 11.3 Å². The lowest BCUT2D eigenvalue weighted by atomic mass is 10.2. The number of pyridine rings is 1. The van der Waals surface area contributed by atoms with Gasteiger partial charge in [-0.3, -0.25) is 0 Å². The summed E-state index contributed by atoms with van der Waals surface area (Å²) in [5.41, 5.74) is 2.23. The second-order valence-corrected chi connectivity index (χ2v) is 7.19. The normalized spacial score (nSPS) is 11.5. The topological polar surface area (TPSA) is 87.8 Å². The van der Waals surface area contributed by atoms with Gasteiger partial charge >= 0.3 is 0 Å². The van der Waals surface area contributed by atoms with Crippen LogP contribution >= 0.6 is 0 Å². The molecule has 3 aromatic rings. The molecule has 0 saturated heterocycles. The van der Waals surface area contributed by atoms with Crippen LogP contribution in [0.1, 0.15) is 11.1 Å². The lowest BCUT2D eigenvalue weighted by Crippen LogP contribution is -2.26. The van der Waals surface area contributed by atoms with E-state index < -0.39 is 10.0 Å². The summed E-state index contributed by atoms with van der Waals surface area (Å²) in [6.07, 6.45) is 4.25. The molecule has 0 amide bonds. The highest BCUT2D eigenvalue weighted by Crippen LogP contribution is 2.18. The number of sulfonamides is 1. The number of nitrogens with zero attached hydrogens (tertiary/aromatic N) is 3. The summed E-state index contributed by atoms with van der Waals surface area (Å²) in [6.45, 7) is 0.271. The van der Waals surface area contributed by atoms with Gasteiger partial charge in [0.05, 0.1) is 16.5 Å². The average Bonchev–Trinajstić information content (AvgIpc) is 2.91. The predicted octanol–water partition coefficient (Wildman–Crippen LogP) is 1.97. The molecule has 2 heterocycles. The smallest absolute Gasteiger partial charge is 0.240 e. The van der Waals surface area contributed by atoms with Gasteiger partial charge < -0.3 is 4.57 Å². The molecule has 0 spiro atoms. The van der Waals surface area contributed by atoms with Crippen molar-refractivity contribution in [3.8, 4) is 6.07 Å². The third kappa shape index (κ3) is 3.15. The molecule has 3 rings (SSSR count). The molecule has 6 nitrogen and oxygen atoms in total. The Bertz CT molecular complexity index is 1030. The third-order valence-electron chi connectivity index (χ3n) is 3.78. The Hall–Kier alpha value is -2.69. The Balaban J connectivity index is 1.74. The molecule has 7 heteroatoms. The van der Waals surface area contributed by atoms with E-state index >= 15 is 0 Å². The fourth-order valence-corrected chi connectivity index (χ4v) is 3.71. The van der Waals surface area contributed by atoms with E-state index in [1.807, 2.05) is 36.0 Å². The van der Waals surface area contributed by atoms with Gasteiger partial charge in [-0.1, -0.05) is 6.07 Å². The molecule has 0 aliphatic carbocycles. The first-order valence-electron chi connectivity index (χ1n) is 7.40. The summed E-state index contributed by atoms with van der Waals surface area (Å²) in [5.74, 6) is 0. The summed E-state index contributed by atoms with van der Waals surface area (Å²) in [4.78, 5) is 4.42. The van der Waals surface area contributed by atoms with Gasteiger partial charge in [0, 0.05) is 31.4 Å². The fourth-order valence-electron chi connectivity index (χ4n) is 2.63. The highest BCUT2D eigenvalue weighted by Gasteiger charge is 2.14. The number of hydrogen-bond donors (Lipinski definition) is 1. The fraction of sp³-hybridized carbons (Fsp3) is 0.176. The standard InChI is InChI=1S/C17H16N4O2S/c1-21-12-14(16-6-3-8-19-17(16)21)7-9-20-24(22,23)15-5-2-4-13(10-15)11-18/h2-6,8,10,12,20H,7,9H2,1H3. The summed E-state index contributed by atoms with van der Waals surface area (Å²) >= 11 is 0. The van der Waals surface area contributed by atoms with Gasteiger partial charge in [-0.25, -0.2) is 18.1 Å². The van der Waals surface area contributed by atoms with E-state index in [4.69, 9.17) is 5.26 Å². The van der Waals surface area contributed by atoms with Crippen LogP contribution in [0.4, 0.5) is 0 Å². The van der Waals surface area contributed by atoms with Crippen molar-refractivity contribution in [1.82, 2.24) is 14.3 Å². The van der Waals surface area contributed by atoms with E-state index in [-0.39, 0.29) is 11.4 Å². The molecule has 0 unspecified atom stereocenters. The van der Waals surface area contributed by atoms with Crippen LogP contribution in [-0.2, 0) is 23.5 Å². The number of nitrogens with one attached hydrogen (secondary N) is 1. The summed E-state index contributed by atoms with van der Waals surface area (Å²) in [6, 6.07) is 11.8. The van der Waals surface area contributed by atoms with Crippen molar-refractivity contribution in [1.29, 1.82) is 5.26 Å². The first-order chi connectivity index (χ1) is 11.5. The van der Waals surface area contributed by atoms with Crippen molar-refractivity contribution in [2.24, 2.45) is 7.05 Å². The second-order valence-electron chi connectivity index (χ2n) is 5.43. The number of aromatic nitrogens is 2. The minimum absolute atomic E-state index is 0.0983. The van der Waals surface area contributed by atoms with Crippen molar-refractivity contribution in [2.75, 3.05) is 6.54 Å². The monoisotopic (exact) mass is 340 g/mol. The molecule has 122 valence electrons. The molecule has 0 aliphatic heterocycles. The van der Waals surface area contributed by atoms with Gasteiger partial charge in [-0.15, -0.1) is 0 Å². The molecule has 0 saturated carbocycles. The lowest BCUT2D eigenvalue weighted by Gasteiger charge is -2.06. The molecule has 0 fully saturated rings. The Morgan fingerprint density at radius 3 is 2.92 bits per heavy atom. The number of rotatable bonds is 5. The van der Waals surface area contributed by atoms with Gasteiger partial charge in [-0.2, -0.15) is 5.26 Å². The molecule has 0 atom stereocenters. The first-order valence-corrected chi connectivity index (χ1v) is 8.88. The molecule has 0 bridgehead atoms. The zero-order chi connectivity index (χ0) is 17.2. The third-order valence-corrected chi connectivity index (χ3v) is 5.23. The van der Waals surface area contributed by atoms with E-state index in [1.54, 1.807) is 18.3 Å². The number of hydrogen-bond acceptors (Lipinski definition) is 4. The van der Waals surface area contributed by atoms with Crippen LogP contribution < -0.4 is 4.72 Å². The summed E-state index contributed by atoms with van der Waals surface area (Å²) in [7, 11) is -1.72. The van der Waals surface area contributed by atoms with Crippen LogP contribution in [-0.4, -0.2) is 24.5 Å². The van der Waals surface area contributed by atoms with E-state index in [9.17, 15) is 8.42 Å². The largest absolute Gasteiger partial charge is 0.335 e. The summed E-state index contributed by atoms with van der Waals surface area (Å²) < 4.78 is 29.2. The summed E-state index contributed by atoms with van der Waals surface area (Å²) in [5, 5.41) is 9.90. The molecule has 1 N–H and O–H groups in total. The number of benzene rings is 1. The average molecular weight is 340 g/mol. The number of aryl methyl sites for hydroxylation is 1. The van der Waals surface area contributed by atoms with Gasteiger partial charge in [0.2, 0.25) is 10.0 Å². The van der Waals surface area contributed by atoms with Crippen molar-refractivity contribution < 1.29 is 8.42 Å². The Morgan fingerprint density at radius 1 is 1.29 bits per heavy atom. The molecule has 0 aliphatic rings. The Kier molecular flexibility index (Phi) is 4.34. The van der Waals surface area contributed by atoms with Gasteiger partial charge in [0.25, 0.3) is 0 Å². The number of fused-ring (bicyclic) bond motifs is 1. The van der Waals surface area contributed by atoms with Crippen LogP contribution in [0.25, 0.3) is 11.0 Å². The van der Waals surface area contributed by atoms with Gasteiger partial charge in [0.1, 0.15) is 5.65 Å². The molecular formula is C17H16N4O2S. The number of nitriles is 1. The van der Waals surface area contributed by atoms with Crippen LogP contribution in [0.15, 0.2) is 53.7 Å². The van der Waals surface area contributed by atoms with Crippen LogP contribution in [0.5, 0.6) is 0 Å². The maximum absolute atomic E-state index is 12.3. The quantitative estimate of drug-likeness (QED) is 0.769. The zero-order valence-electron chi connectivity index (χ0n) is 13.1. The molecule has 0 radical (unpaired) electrons. The van der Waals surface area contributed by atoms with Crippen LogP contribution in [0.3, 0.4) is 0 Å². The minimum atomic E-state index is -3.63.